The van der Waals surface area contributed by atoms with Crippen molar-refractivity contribution in [3.8, 4) is 33.9 Å². The molecule has 6 aromatic carbocycles. The molecule has 202 valence electrons. The van der Waals surface area contributed by atoms with Gasteiger partial charge in [-0.25, -0.2) is 9.97 Å². The average molecular weight is 589 g/mol. The van der Waals surface area contributed by atoms with E-state index in [1.54, 1.807) is 11.3 Å². The molecule has 0 amide bonds. The Morgan fingerprint density at radius 1 is 0.558 bits per heavy atom. The van der Waals surface area contributed by atoms with Gasteiger partial charge in [0.05, 0.1) is 16.4 Å². The number of furan rings is 1. The molecule has 3 nitrogen and oxygen atoms in total. The third kappa shape index (κ3) is 3.88. The maximum Gasteiger partial charge on any atom is 0.161 e. The molecule has 0 aliphatic rings. The Morgan fingerprint density at radius 2 is 1.33 bits per heavy atom. The lowest BCUT2D eigenvalue weighted by Crippen LogP contribution is -1.96. The van der Waals surface area contributed by atoms with E-state index >= 15 is 0 Å². The molecule has 3 aromatic heterocycles. The average Bonchev–Trinajstić information content (AvgIpc) is 3.63. The Hall–Kier alpha value is -5.03. The largest absolute Gasteiger partial charge is 0.456 e. The molecule has 0 aliphatic heterocycles. The van der Waals surface area contributed by atoms with Gasteiger partial charge in [-0.05, 0) is 41.1 Å². The van der Waals surface area contributed by atoms with Gasteiger partial charge in [-0.3, -0.25) is 0 Å². The lowest BCUT2D eigenvalue weighted by atomic mass is 10.0. The minimum atomic E-state index is 0.631. The Balaban J connectivity index is 1.31. The lowest BCUT2D eigenvalue weighted by molar-refractivity contribution is 0.669. The number of hydrogen-bond acceptors (Lipinski definition) is 4. The van der Waals surface area contributed by atoms with Crippen molar-refractivity contribution in [2.45, 2.75) is 0 Å². The zero-order chi connectivity index (χ0) is 28.5. The molecular weight excluding hydrogens is 568 g/mol. The molecule has 0 saturated carbocycles. The molecule has 3 heterocycles. The van der Waals surface area contributed by atoms with Crippen LogP contribution in [0.25, 0.3) is 86.8 Å². The lowest BCUT2D eigenvalue weighted by Gasteiger charge is -2.11. The van der Waals surface area contributed by atoms with Gasteiger partial charge in [-0.15, -0.1) is 11.3 Å². The number of thiophene rings is 1. The number of nitrogens with zero attached hydrogens (tertiary/aromatic N) is 2. The molecule has 0 saturated heterocycles. The van der Waals surface area contributed by atoms with E-state index in [4.69, 9.17) is 26.0 Å². The van der Waals surface area contributed by atoms with Crippen LogP contribution < -0.4 is 0 Å². The van der Waals surface area contributed by atoms with Crippen molar-refractivity contribution in [3.63, 3.8) is 0 Å². The number of halogens is 1. The van der Waals surface area contributed by atoms with Crippen LogP contribution in [-0.2, 0) is 0 Å². The van der Waals surface area contributed by atoms with Crippen LogP contribution >= 0.6 is 22.9 Å². The van der Waals surface area contributed by atoms with Gasteiger partial charge >= 0.3 is 0 Å². The van der Waals surface area contributed by atoms with E-state index < -0.39 is 0 Å². The first-order valence-electron chi connectivity index (χ1n) is 14.1. The van der Waals surface area contributed by atoms with Crippen LogP contribution in [0.3, 0.4) is 0 Å². The molecule has 43 heavy (non-hydrogen) atoms. The zero-order valence-electron chi connectivity index (χ0n) is 22.7. The minimum Gasteiger partial charge on any atom is -0.456 e. The van der Waals surface area contributed by atoms with Crippen LogP contribution in [-0.4, -0.2) is 9.97 Å². The van der Waals surface area contributed by atoms with Crippen LogP contribution in [0.5, 0.6) is 0 Å². The zero-order valence-corrected chi connectivity index (χ0v) is 24.3. The monoisotopic (exact) mass is 588 g/mol. The Kier molecular flexibility index (Phi) is 5.42. The third-order valence-corrected chi connectivity index (χ3v) is 9.68. The summed E-state index contributed by atoms with van der Waals surface area (Å²) in [5.41, 5.74) is 6.09. The summed E-state index contributed by atoms with van der Waals surface area (Å²) in [4.78, 5) is 10.3. The Morgan fingerprint density at radius 3 is 2.23 bits per heavy atom. The van der Waals surface area contributed by atoms with E-state index in [9.17, 15) is 0 Å². The smallest absolute Gasteiger partial charge is 0.161 e. The van der Waals surface area contributed by atoms with Gasteiger partial charge in [0.1, 0.15) is 11.2 Å². The molecule has 9 aromatic rings. The highest BCUT2D eigenvalue weighted by atomic mass is 35.5. The van der Waals surface area contributed by atoms with Gasteiger partial charge in [0.2, 0.25) is 0 Å². The summed E-state index contributed by atoms with van der Waals surface area (Å²) in [7, 11) is 0. The second-order valence-electron chi connectivity index (χ2n) is 10.7. The first-order valence-corrected chi connectivity index (χ1v) is 15.3. The van der Waals surface area contributed by atoms with E-state index in [0.29, 0.717) is 10.8 Å². The molecule has 5 heteroatoms. The van der Waals surface area contributed by atoms with Gasteiger partial charge in [0.25, 0.3) is 0 Å². The number of fused-ring (bicyclic) bond motifs is 8. The summed E-state index contributed by atoms with van der Waals surface area (Å²) in [6, 6.07) is 43.6. The molecule has 0 spiro atoms. The molecule has 0 N–H and O–H groups in total. The molecule has 0 radical (unpaired) electrons. The summed E-state index contributed by atoms with van der Waals surface area (Å²) < 4.78 is 8.64. The highest BCUT2D eigenvalue weighted by Crippen LogP contribution is 2.43. The first kappa shape index (κ1) is 24.6. The fourth-order valence-electron chi connectivity index (χ4n) is 6.14. The Bertz CT molecular complexity index is 2530. The minimum absolute atomic E-state index is 0.631. The molecular formula is C38H21ClN2OS. The van der Waals surface area contributed by atoms with Crippen molar-refractivity contribution >= 4 is 75.8 Å². The van der Waals surface area contributed by atoms with Crippen LogP contribution in [0.1, 0.15) is 0 Å². The standard InChI is InChI=1S/C38H21ClN2OS/c39-30-19-28-25-18-17-22-9-4-5-12-24(22)37(25)43-35(28)20-29(30)32-21-31(23-10-2-1-3-11-23)40-38(41-32)27-14-8-16-34-36(27)26-13-6-7-15-33(26)42-34/h1-21H. The quantitative estimate of drug-likeness (QED) is 0.206. The Labute approximate surface area is 255 Å². The number of benzene rings is 6. The number of hydrogen-bond donors (Lipinski definition) is 0. The molecule has 9 rings (SSSR count). The predicted molar refractivity (Wildman–Crippen MR) is 181 cm³/mol. The van der Waals surface area contributed by atoms with E-state index in [1.807, 2.05) is 54.6 Å². The summed E-state index contributed by atoms with van der Waals surface area (Å²) >= 11 is 8.89. The summed E-state index contributed by atoms with van der Waals surface area (Å²) in [5.74, 6) is 0.631. The second kappa shape index (κ2) is 9.50. The van der Waals surface area contributed by atoms with Crippen molar-refractivity contribution in [3.05, 3.63) is 132 Å². The van der Waals surface area contributed by atoms with Gasteiger partial charge in [-0.1, -0.05) is 109 Å². The fraction of sp³-hybridized carbons (Fsp3) is 0. The van der Waals surface area contributed by atoms with Crippen LogP contribution in [0.4, 0.5) is 0 Å². The highest BCUT2D eigenvalue weighted by Gasteiger charge is 2.19. The van der Waals surface area contributed by atoms with E-state index in [-0.39, 0.29) is 0 Å². The van der Waals surface area contributed by atoms with E-state index in [2.05, 4.69) is 72.8 Å². The highest BCUT2D eigenvalue weighted by molar-refractivity contribution is 7.26. The maximum atomic E-state index is 7.09. The van der Waals surface area contributed by atoms with Gasteiger partial charge in [0.15, 0.2) is 5.82 Å². The third-order valence-electron chi connectivity index (χ3n) is 8.17. The SMILES string of the molecule is Clc1cc2c(cc1-c1cc(-c3ccccc3)nc(-c3cccc4oc5ccccc5c34)n1)sc1c3ccccc3ccc21. The van der Waals surface area contributed by atoms with Crippen LogP contribution in [0, 0.1) is 0 Å². The van der Waals surface area contributed by atoms with E-state index in [1.165, 1.54) is 25.6 Å². The number of aromatic nitrogens is 2. The van der Waals surface area contributed by atoms with Crippen LogP contribution in [0.15, 0.2) is 132 Å². The normalized spacial score (nSPS) is 11.8. The number of rotatable bonds is 3. The van der Waals surface area contributed by atoms with Crippen molar-refractivity contribution < 1.29 is 4.42 Å². The summed E-state index contributed by atoms with van der Waals surface area (Å²) in [5, 5.41) is 7.59. The molecule has 0 atom stereocenters. The molecule has 0 bridgehead atoms. The molecule has 0 fully saturated rings. The molecule has 0 aliphatic carbocycles. The summed E-state index contributed by atoms with van der Waals surface area (Å²) in [6.45, 7) is 0. The van der Waals surface area contributed by atoms with Gasteiger partial charge in [0, 0.05) is 47.6 Å². The first-order chi connectivity index (χ1) is 21.2. The predicted octanol–water partition coefficient (Wildman–Crippen LogP) is 11.6. The summed E-state index contributed by atoms with van der Waals surface area (Å²) in [6.07, 6.45) is 0. The van der Waals surface area contributed by atoms with Gasteiger partial charge in [-0.2, -0.15) is 0 Å². The fourth-order valence-corrected chi connectivity index (χ4v) is 7.66. The number of para-hydroxylation sites is 1. The molecule has 0 unspecified atom stereocenters. The van der Waals surface area contributed by atoms with Gasteiger partial charge < -0.3 is 4.42 Å². The van der Waals surface area contributed by atoms with E-state index in [0.717, 1.165) is 55.4 Å². The van der Waals surface area contributed by atoms with Crippen molar-refractivity contribution in [1.29, 1.82) is 0 Å². The van der Waals surface area contributed by atoms with Crippen molar-refractivity contribution in [2.75, 3.05) is 0 Å². The van der Waals surface area contributed by atoms with Crippen molar-refractivity contribution in [2.24, 2.45) is 0 Å². The van der Waals surface area contributed by atoms with Crippen molar-refractivity contribution in [1.82, 2.24) is 9.97 Å². The second-order valence-corrected chi connectivity index (χ2v) is 12.2. The van der Waals surface area contributed by atoms with Crippen LogP contribution in [0.2, 0.25) is 5.02 Å². The maximum absolute atomic E-state index is 7.09. The topological polar surface area (TPSA) is 38.9 Å².